The lowest BCUT2D eigenvalue weighted by Crippen LogP contribution is -2.42. The van der Waals surface area contributed by atoms with Crippen molar-refractivity contribution in [3.8, 4) is 11.1 Å². The Hall–Kier alpha value is -3.55. The molecule has 1 unspecified atom stereocenters. The van der Waals surface area contributed by atoms with Crippen LogP contribution in [-0.4, -0.2) is 41.0 Å². The zero-order valence-electron chi connectivity index (χ0n) is 21.4. The Labute approximate surface area is 212 Å². The van der Waals surface area contributed by atoms with E-state index in [1.807, 2.05) is 64.1 Å². The number of aliphatic carboxylic acids is 1. The molecule has 0 aliphatic heterocycles. The quantitative estimate of drug-likeness (QED) is 0.413. The van der Waals surface area contributed by atoms with Crippen LogP contribution < -0.4 is 10.6 Å². The summed E-state index contributed by atoms with van der Waals surface area (Å²) >= 11 is 0. The molecule has 0 spiro atoms. The van der Waals surface area contributed by atoms with Crippen molar-refractivity contribution in [3.63, 3.8) is 0 Å². The van der Waals surface area contributed by atoms with Crippen LogP contribution in [0.25, 0.3) is 11.1 Å². The van der Waals surface area contributed by atoms with Gasteiger partial charge in [0.2, 0.25) is 0 Å². The van der Waals surface area contributed by atoms with Crippen molar-refractivity contribution < 1.29 is 29.0 Å². The highest BCUT2D eigenvalue weighted by atomic mass is 16.6. The number of nitrogens with one attached hydrogen (secondary N) is 2. The first-order valence-corrected chi connectivity index (χ1v) is 12.4. The summed E-state index contributed by atoms with van der Waals surface area (Å²) < 4.78 is 11.0. The number of benzene rings is 2. The number of amides is 2. The highest BCUT2D eigenvalue weighted by molar-refractivity contribution is 5.92. The molecular formula is C28H36N2O6. The van der Waals surface area contributed by atoms with Gasteiger partial charge in [-0.05, 0) is 70.1 Å². The number of rotatable bonds is 7. The maximum absolute atomic E-state index is 12.8. The molecule has 8 heteroatoms. The van der Waals surface area contributed by atoms with Gasteiger partial charge in [0.05, 0.1) is 11.6 Å². The highest BCUT2D eigenvalue weighted by Crippen LogP contribution is 2.33. The van der Waals surface area contributed by atoms with Crippen molar-refractivity contribution in [2.24, 2.45) is 0 Å². The Balaban J connectivity index is 1.65. The van der Waals surface area contributed by atoms with Crippen LogP contribution in [0.1, 0.15) is 71.3 Å². The van der Waals surface area contributed by atoms with Gasteiger partial charge in [0.15, 0.2) is 0 Å². The molecule has 36 heavy (non-hydrogen) atoms. The number of hydrogen-bond donors (Lipinski definition) is 3. The molecule has 0 aromatic heterocycles. The summed E-state index contributed by atoms with van der Waals surface area (Å²) in [7, 11) is 0. The first kappa shape index (κ1) is 27.0. The number of carboxylic acids is 1. The SMILES string of the molecule is CCC(C(=O)O)c1ccc(-c2ccccc2)c(NC(=O)O[C@H]2CC[C@H](NC(=O)OC(C)(C)C)CC2)c1. The van der Waals surface area contributed by atoms with Gasteiger partial charge in [0, 0.05) is 11.6 Å². The average Bonchev–Trinajstić information content (AvgIpc) is 2.80. The van der Waals surface area contributed by atoms with Crippen LogP contribution in [0.2, 0.25) is 0 Å². The predicted octanol–water partition coefficient (Wildman–Crippen LogP) is 6.32. The number of anilines is 1. The zero-order valence-corrected chi connectivity index (χ0v) is 21.4. The summed E-state index contributed by atoms with van der Waals surface area (Å²) in [6.45, 7) is 7.27. The van der Waals surface area contributed by atoms with Crippen LogP contribution in [0.5, 0.6) is 0 Å². The Kier molecular flexibility index (Phi) is 8.96. The van der Waals surface area contributed by atoms with E-state index in [0.29, 0.717) is 43.4 Å². The molecule has 194 valence electrons. The van der Waals surface area contributed by atoms with E-state index in [0.717, 1.165) is 11.1 Å². The summed E-state index contributed by atoms with van der Waals surface area (Å²) in [6, 6.07) is 14.9. The largest absolute Gasteiger partial charge is 0.481 e. The Bertz CT molecular complexity index is 1060. The molecule has 1 saturated carbocycles. The minimum absolute atomic E-state index is 0.0221. The Morgan fingerprint density at radius 1 is 1.00 bits per heavy atom. The molecule has 3 rings (SSSR count). The molecule has 1 aliphatic rings. The summed E-state index contributed by atoms with van der Waals surface area (Å²) in [5.74, 6) is -1.57. The van der Waals surface area contributed by atoms with Gasteiger partial charge < -0.3 is 19.9 Å². The maximum Gasteiger partial charge on any atom is 0.411 e. The fraction of sp³-hybridized carbons (Fsp3) is 0.464. The van der Waals surface area contributed by atoms with E-state index < -0.39 is 29.7 Å². The molecule has 0 bridgehead atoms. The van der Waals surface area contributed by atoms with Crippen molar-refractivity contribution >= 4 is 23.8 Å². The maximum atomic E-state index is 12.8. The van der Waals surface area contributed by atoms with Crippen molar-refractivity contribution in [2.45, 2.75) is 83.5 Å². The standard InChI is InChI=1S/C28H36N2O6/c1-5-22(25(31)32)19-11-16-23(18-9-7-6-8-10-18)24(17-19)30-26(33)35-21-14-12-20(13-15-21)29-27(34)36-28(2,3)4/h6-11,16-17,20-22H,5,12-15H2,1-4H3,(H,29,34)(H,30,33)(H,31,32)/t20-,21-,22?. The first-order chi connectivity index (χ1) is 17.1. The summed E-state index contributed by atoms with van der Waals surface area (Å²) in [6.07, 6.45) is 1.74. The van der Waals surface area contributed by atoms with E-state index in [1.54, 1.807) is 12.1 Å². The van der Waals surface area contributed by atoms with Crippen LogP contribution in [0.3, 0.4) is 0 Å². The van der Waals surface area contributed by atoms with E-state index in [1.165, 1.54) is 0 Å². The highest BCUT2D eigenvalue weighted by Gasteiger charge is 2.27. The lowest BCUT2D eigenvalue weighted by atomic mass is 9.93. The molecule has 8 nitrogen and oxygen atoms in total. The third-order valence-corrected chi connectivity index (χ3v) is 6.14. The predicted molar refractivity (Wildman–Crippen MR) is 138 cm³/mol. The second kappa shape index (κ2) is 11.9. The monoisotopic (exact) mass is 496 g/mol. The van der Waals surface area contributed by atoms with Gasteiger partial charge in [0.25, 0.3) is 0 Å². The third-order valence-electron chi connectivity index (χ3n) is 6.14. The van der Waals surface area contributed by atoms with Crippen molar-refractivity contribution in [3.05, 3.63) is 54.1 Å². The van der Waals surface area contributed by atoms with Gasteiger partial charge in [-0.15, -0.1) is 0 Å². The van der Waals surface area contributed by atoms with Gasteiger partial charge in [-0.2, -0.15) is 0 Å². The minimum Gasteiger partial charge on any atom is -0.481 e. The molecule has 0 saturated heterocycles. The average molecular weight is 497 g/mol. The van der Waals surface area contributed by atoms with E-state index >= 15 is 0 Å². The van der Waals surface area contributed by atoms with Crippen LogP contribution >= 0.6 is 0 Å². The number of alkyl carbamates (subject to hydrolysis) is 1. The second-order valence-corrected chi connectivity index (χ2v) is 10.1. The van der Waals surface area contributed by atoms with Gasteiger partial charge in [-0.25, -0.2) is 9.59 Å². The first-order valence-electron chi connectivity index (χ1n) is 12.4. The number of ether oxygens (including phenoxy) is 2. The van der Waals surface area contributed by atoms with Crippen LogP contribution in [0, 0.1) is 0 Å². The van der Waals surface area contributed by atoms with Crippen molar-refractivity contribution in [2.75, 3.05) is 5.32 Å². The van der Waals surface area contributed by atoms with Gasteiger partial charge in [-0.1, -0.05) is 49.4 Å². The van der Waals surface area contributed by atoms with E-state index in [9.17, 15) is 19.5 Å². The lowest BCUT2D eigenvalue weighted by molar-refractivity contribution is -0.138. The van der Waals surface area contributed by atoms with Crippen LogP contribution in [0.4, 0.5) is 15.3 Å². The fourth-order valence-electron chi connectivity index (χ4n) is 4.39. The molecule has 1 aliphatic carbocycles. The molecule has 1 fully saturated rings. The lowest BCUT2D eigenvalue weighted by Gasteiger charge is -2.30. The number of carbonyl (C=O) groups is 3. The number of carbonyl (C=O) groups excluding carboxylic acids is 2. The van der Waals surface area contributed by atoms with Crippen molar-refractivity contribution in [1.29, 1.82) is 0 Å². The molecule has 2 aromatic rings. The summed E-state index contributed by atoms with van der Waals surface area (Å²) in [4.78, 5) is 36.5. The second-order valence-electron chi connectivity index (χ2n) is 10.1. The molecule has 2 aromatic carbocycles. The van der Waals surface area contributed by atoms with Gasteiger partial charge in [0.1, 0.15) is 11.7 Å². The number of hydrogen-bond acceptors (Lipinski definition) is 5. The molecule has 2 amide bonds. The fourth-order valence-corrected chi connectivity index (χ4v) is 4.39. The molecule has 0 radical (unpaired) electrons. The smallest absolute Gasteiger partial charge is 0.411 e. The Morgan fingerprint density at radius 2 is 1.67 bits per heavy atom. The molecular weight excluding hydrogens is 460 g/mol. The zero-order chi connectivity index (χ0) is 26.3. The van der Waals surface area contributed by atoms with Crippen LogP contribution in [-0.2, 0) is 14.3 Å². The van der Waals surface area contributed by atoms with E-state index in [2.05, 4.69) is 10.6 Å². The number of carboxylic acid groups (broad SMARTS) is 1. The van der Waals surface area contributed by atoms with E-state index in [-0.39, 0.29) is 12.1 Å². The Morgan fingerprint density at radius 3 is 2.25 bits per heavy atom. The minimum atomic E-state index is -0.907. The molecule has 1 atom stereocenters. The molecule has 0 heterocycles. The normalized spacial score (nSPS) is 18.6. The van der Waals surface area contributed by atoms with Gasteiger partial charge >= 0.3 is 18.2 Å². The van der Waals surface area contributed by atoms with E-state index in [4.69, 9.17) is 9.47 Å². The van der Waals surface area contributed by atoms with Crippen LogP contribution in [0.15, 0.2) is 48.5 Å². The topological polar surface area (TPSA) is 114 Å². The summed E-state index contributed by atoms with van der Waals surface area (Å²) in [5, 5.41) is 15.3. The third kappa shape index (κ3) is 7.73. The summed E-state index contributed by atoms with van der Waals surface area (Å²) in [5.41, 5.74) is 2.25. The van der Waals surface area contributed by atoms with Crippen molar-refractivity contribution in [1.82, 2.24) is 5.32 Å². The molecule has 3 N–H and O–H groups in total. The van der Waals surface area contributed by atoms with Gasteiger partial charge in [-0.3, -0.25) is 10.1 Å².